The Hall–Kier alpha value is -1.35. The van der Waals surface area contributed by atoms with Crippen molar-refractivity contribution in [1.29, 1.82) is 0 Å². The fraction of sp³-hybridized carbons (Fsp3) is 0.611. The highest BCUT2D eigenvalue weighted by molar-refractivity contribution is 5.76. The molecule has 1 atom stereocenters. The van der Waals surface area contributed by atoms with Gasteiger partial charge in [0.1, 0.15) is 0 Å². The molecule has 1 unspecified atom stereocenters. The Balaban J connectivity index is 1.51. The molecule has 1 amide bonds. The summed E-state index contributed by atoms with van der Waals surface area (Å²) in [4.78, 5) is 12.2. The van der Waals surface area contributed by atoms with Crippen LogP contribution in [0.1, 0.15) is 55.7 Å². The predicted molar refractivity (Wildman–Crippen MR) is 85.1 cm³/mol. The van der Waals surface area contributed by atoms with Crippen LogP contribution in [-0.2, 0) is 11.2 Å². The zero-order valence-electron chi connectivity index (χ0n) is 12.7. The van der Waals surface area contributed by atoms with E-state index in [1.54, 1.807) is 0 Å². The number of hydrogen-bond donors (Lipinski definition) is 2. The second-order valence-corrected chi connectivity index (χ2v) is 6.44. The first-order valence-electron chi connectivity index (χ1n) is 8.41. The molecule has 114 valence electrons. The molecule has 0 saturated carbocycles. The van der Waals surface area contributed by atoms with Crippen molar-refractivity contribution in [3.8, 4) is 0 Å². The van der Waals surface area contributed by atoms with Crippen LogP contribution in [-0.4, -0.2) is 19.0 Å². The normalized spacial score (nSPS) is 22.6. The van der Waals surface area contributed by atoms with Crippen LogP contribution in [0.4, 0.5) is 0 Å². The number of amides is 1. The van der Waals surface area contributed by atoms with Crippen molar-refractivity contribution in [3.63, 3.8) is 0 Å². The standard InChI is InChI=1S/C18H26N2O/c21-18(9-8-14-10-12-19-13-11-14)20-17-7-3-5-15-4-1-2-6-16(15)17/h1-2,4,6,14,17,19H,3,5,7-13H2,(H,20,21). The molecule has 1 saturated heterocycles. The molecule has 2 N–H and O–H groups in total. The maximum atomic E-state index is 12.2. The molecule has 3 heteroatoms. The molecule has 1 aromatic rings. The van der Waals surface area contributed by atoms with E-state index in [4.69, 9.17) is 0 Å². The highest BCUT2D eigenvalue weighted by atomic mass is 16.1. The molecule has 2 aliphatic rings. The maximum absolute atomic E-state index is 12.2. The van der Waals surface area contributed by atoms with Gasteiger partial charge in [-0.15, -0.1) is 0 Å². The Bertz CT molecular complexity index is 480. The lowest BCUT2D eigenvalue weighted by Gasteiger charge is -2.27. The van der Waals surface area contributed by atoms with E-state index in [1.165, 1.54) is 30.4 Å². The number of carbonyl (C=O) groups is 1. The molecule has 3 rings (SSSR count). The van der Waals surface area contributed by atoms with E-state index in [0.717, 1.165) is 38.3 Å². The lowest BCUT2D eigenvalue weighted by molar-refractivity contribution is -0.122. The number of piperidine rings is 1. The molecule has 1 aliphatic carbocycles. The van der Waals surface area contributed by atoms with Crippen molar-refractivity contribution in [2.75, 3.05) is 13.1 Å². The molecule has 3 nitrogen and oxygen atoms in total. The summed E-state index contributed by atoms with van der Waals surface area (Å²) in [6.07, 6.45) is 7.58. The molecule has 1 aromatic carbocycles. The van der Waals surface area contributed by atoms with Crippen LogP contribution in [0.15, 0.2) is 24.3 Å². The molecular weight excluding hydrogens is 260 g/mol. The Labute approximate surface area is 127 Å². The summed E-state index contributed by atoms with van der Waals surface area (Å²) in [5.41, 5.74) is 2.74. The summed E-state index contributed by atoms with van der Waals surface area (Å²) in [5, 5.41) is 6.64. The summed E-state index contributed by atoms with van der Waals surface area (Å²) in [7, 11) is 0. The Morgan fingerprint density at radius 2 is 2.00 bits per heavy atom. The molecule has 0 spiro atoms. The van der Waals surface area contributed by atoms with Gasteiger partial charge in [-0.05, 0) is 68.7 Å². The van der Waals surface area contributed by atoms with E-state index < -0.39 is 0 Å². The zero-order valence-corrected chi connectivity index (χ0v) is 12.7. The summed E-state index contributed by atoms with van der Waals surface area (Å²) < 4.78 is 0. The van der Waals surface area contributed by atoms with Crippen LogP contribution in [0.5, 0.6) is 0 Å². The van der Waals surface area contributed by atoms with Gasteiger partial charge < -0.3 is 10.6 Å². The first-order chi connectivity index (χ1) is 10.3. The average Bonchev–Trinajstić information content (AvgIpc) is 2.54. The lowest BCUT2D eigenvalue weighted by Crippen LogP contribution is -2.32. The van der Waals surface area contributed by atoms with Crippen LogP contribution in [0.25, 0.3) is 0 Å². The summed E-state index contributed by atoms with van der Waals surface area (Å²) in [6, 6.07) is 8.78. The maximum Gasteiger partial charge on any atom is 0.220 e. The van der Waals surface area contributed by atoms with Crippen LogP contribution in [0, 0.1) is 5.92 Å². The summed E-state index contributed by atoms with van der Waals surface area (Å²) in [6.45, 7) is 2.23. The summed E-state index contributed by atoms with van der Waals surface area (Å²) in [5.74, 6) is 0.964. The molecule has 0 aromatic heterocycles. The number of nitrogens with one attached hydrogen (secondary N) is 2. The minimum Gasteiger partial charge on any atom is -0.349 e. The number of fused-ring (bicyclic) bond motifs is 1. The molecule has 1 heterocycles. The second kappa shape index (κ2) is 7.08. The number of benzene rings is 1. The second-order valence-electron chi connectivity index (χ2n) is 6.44. The minimum atomic E-state index is 0.232. The molecule has 1 fully saturated rings. The van der Waals surface area contributed by atoms with E-state index in [-0.39, 0.29) is 11.9 Å². The van der Waals surface area contributed by atoms with Crippen molar-refractivity contribution in [2.45, 2.75) is 51.0 Å². The van der Waals surface area contributed by atoms with Gasteiger partial charge in [0.05, 0.1) is 6.04 Å². The number of hydrogen-bond acceptors (Lipinski definition) is 2. The molecule has 21 heavy (non-hydrogen) atoms. The van der Waals surface area contributed by atoms with Gasteiger partial charge in [0.25, 0.3) is 0 Å². The first-order valence-corrected chi connectivity index (χ1v) is 8.41. The number of carbonyl (C=O) groups excluding carboxylic acids is 1. The third-order valence-electron chi connectivity index (χ3n) is 4.94. The largest absolute Gasteiger partial charge is 0.349 e. The third kappa shape index (κ3) is 3.85. The van der Waals surface area contributed by atoms with Crippen molar-refractivity contribution >= 4 is 5.91 Å². The summed E-state index contributed by atoms with van der Waals surface area (Å²) >= 11 is 0. The van der Waals surface area contributed by atoms with Gasteiger partial charge in [0.2, 0.25) is 5.91 Å². The van der Waals surface area contributed by atoms with Gasteiger partial charge in [-0.2, -0.15) is 0 Å². The number of aryl methyl sites for hydroxylation is 1. The Morgan fingerprint density at radius 1 is 1.19 bits per heavy atom. The van der Waals surface area contributed by atoms with Gasteiger partial charge in [0, 0.05) is 6.42 Å². The van der Waals surface area contributed by atoms with Gasteiger partial charge in [0.15, 0.2) is 0 Å². The van der Waals surface area contributed by atoms with E-state index in [2.05, 4.69) is 34.9 Å². The van der Waals surface area contributed by atoms with Crippen molar-refractivity contribution in [2.24, 2.45) is 5.92 Å². The van der Waals surface area contributed by atoms with Gasteiger partial charge in [-0.25, -0.2) is 0 Å². The Morgan fingerprint density at radius 3 is 2.86 bits per heavy atom. The van der Waals surface area contributed by atoms with Crippen molar-refractivity contribution in [1.82, 2.24) is 10.6 Å². The molecular formula is C18H26N2O. The minimum absolute atomic E-state index is 0.232. The quantitative estimate of drug-likeness (QED) is 0.893. The van der Waals surface area contributed by atoms with Crippen LogP contribution in [0.2, 0.25) is 0 Å². The monoisotopic (exact) mass is 286 g/mol. The van der Waals surface area contributed by atoms with E-state index >= 15 is 0 Å². The molecule has 0 bridgehead atoms. The van der Waals surface area contributed by atoms with Crippen LogP contribution < -0.4 is 10.6 Å². The van der Waals surface area contributed by atoms with Gasteiger partial charge in [-0.3, -0.25) is 4.79 Å². The fourth-order valence-electron chi connectivity index (χ4n) is 3.68. The average molecular weight is 286 g/mol. The highest BCUT2D eigenvalue weighted by Gasteiger charge is 2.22. The zero-order chi connectivity index (χ0) is 14.5. The van der Waals surface area contributed by atoms with Crippen LogP contribution in [0.3, 0.4) is 0 Å². The smallest absolute Gasteiger partial charge is 0.220 e. The van der Waals surface area contributed by atoms with E-state index in [9.17, 15) is 4.79 Å². The Kier molecular flexibility index (Phi) is 4.91. The topological polar surface area (TPSA) is 41.1 Å². The number of rotatable bonds is 4. The van der Waals surface area contributed by atoms with Crippen molar-refractivity contribution < 1.29 is 4.79 Å². The van der Waals surface area contributed by atoms with Gasteiger partial charge in [-0.1, -0.05) is 24.3 Å². The van der Waals surface area contributed by atoms with Crippen molar-refractivity contribution in [3.05, 3.63) is 35.4 Å². The highest BCUT2D eigenvalue weighted by Crippen LogP contribution is 2.29. The SMILES string of the molecule is O=C(CCC1CCNCC1)NC1CCCc2ccccc21. The fourth-order valence-corrected chi connectivity index (χ4v) is 3.68. The molecule has 0 radical (unpaired) electrons. The third-order valence-corrected chi connectivity index (χ3v) is 4.94. The lowest BCUT2D eigenvalue weighted by atomic mass is 9.87. The van der Waals surface area contributed by atoms with Crippen LogP contribution >= 0.6 is 0 Å². The van der Waals surface area contributed by atoms with E-state index in [0.29, 0.717) is 6.42 Å². The van der Waals surface area contributed by atoms with Gasteiger partial charge >= 0.3 is 0 Å². The van der Waals surface area contributed by atoms with E-state index in [1.807, 2.05) is 0 Å². The first kappa shape index (κ1) is 14.6. The molecule has 1 aliphatic heterocycles. The predicted octanol–water partition coefficient (Wildman–Crippen LogP) is 2.96.